The summed E-state index contributed by atoms with van der Waals surface area (Å²) in [5.41, 5.74) is 1.57. The zero-order valence-electron chi connectivity index (χ0n) is 16.9. The number of nitrogens with one attached hydrogen (secondary N) is 3. The number of urea groups is 1. The van der Waals surface area contributed by atoms with Gasteiger partial charge in [0.15, 0.2) is 11.5 Å². The number of rotatable bonds is 6. The van der Waals surface area contributed by atoms with E-state index in [0.29, 0.717) is 30.4 Å². The second-order valence-electron chi connectivity index (χ2n) is 7.32. The molecule has 0 bridgehead atoms. The van der Waals surface area contributed by atoms with Crippen molar-refractivity contribution in [3.05, 3.63) is 54.1 Å². The summed E-state index contributed by atoms with van der Waals surface area (Å²) in [7, 11) is 0. The fourth-order valence-corrected chi connectivity index (χ4v) is 3.08. The van der Waals surface area contributed by atoms with E-state index in [1.807, 2.05) is 57.2 Å². The molecule has 3 amide bonds. The summed E-state index contributed by atoms with van der Waals surface area (Å²) in [6, 6.07) is 13.4. The van der Waals surface area contributed by atoms with Crippen molar-refractivity contribution in [3.63, 3.8) is 0 Å². The summed E-state index contributed by atoms with van der Waals surface area (Å²) in [5.74, 6) is 1.06. The summed E-state index contributed by atoms with van der Waals surface area (Å²) >= 11 is 0. The summed E-state index contributed by atoms with van der Waals surface area (Å²) in [6.45, 7) is 6.72. The van der Waals surface area contributed by atoms with Gasteiger partial charge in [0.1, 0.15) is 19.3 Å². The predicted molar refractivity (Wildman–Crippen MR) is 111 cm³/mol. The van der Waals surface area contributed by atoms with Gasteiger partial charge >= 0.3 is 6.03 Å². The molecule has 154 valence electrons. The van der Waals surface area contributed by atoms with E-state index in [4.69, 9.17) is 9.47 Å². The van der Waals surface area contributed by atoms with E-state index in [1.54, 1.807) is 12.1 Å². The predicted octanol–water partition coefficient (Wildman–Crippen LogP) is 3.48. The van der Waals surface area contributed by atoms with Crippen LogP contribution in [0.15, 0.2) is 48.5 Å². The van der Waals surface area contributed by atoms with Gasteiger partial charge in [-0.3, -0.25) is 4.79 Å². The molecule has 0 fully saturated rings. The Labute approximate surface area is 170 Å². The number of hydrogen-bond donors (Lipinski definition) is 3. The molecule has 7 heteroatoms. The first kappa shape index (κ1) is 20.5. The highest BCUT2D eigenvalue weighted by Gasteiger charge is 2.26. The van der Waals surface area contributed by atoms with Crippen LogP contribution < -0.4 is 25.4 Å². The molecule has 0 unspecified atom stereocenters. The minimum atomic E-state index is -0.668. The Hall–Kier alpha value is -3.22. The SMILES string of the molecule is CC(C)[C@H](NC(=O)Nc1ccccc1)C(=O)N[C@H](C)c1ccc2c(c1)OCCO2. The fourth-order valence-electron chi connectivity index (χ4n) is 3.08. The average molecular weight is 397 g/mol. The number of para-hydroxylation sites is 1. The third-order valence-corrected chi connectivity index (χ3v) is 4.69. The van der Waals surface area contributed by atoms with E-state index in [1.165, 1.54) is 0 Å². The number of amides is 3. The van der Waals surface area contributed by atoms with E-state index in [-0.39, 0.29) is 17.9 Å². The van der Waals surface area contributed by atoms with Crippen molar-refractivity contribution in [2.75, 3.05) is 18.5 Å². The second kappa shape index (κ2) is 9.32. The number of fused-ring (bicyclic) bond motifs is 1. The molecule has 0 aromatic heterocycles. The maximum Gasteiger partial charge on any atom is 0.319 e. The van der Waals surface area contributed by atoms with Gasteiger partial charge in [0, 0.05) is 5.69 Å². The monoisotopic (exact) mass is 397 g/mol. The van der Waals surface area contributed by atoms with E-state index in [2.05, 4.69) is 16.0 Å². The molecule has 1 aliphatic rings. The Morgan fingerprint density at radius 1 is 0.897 bits per heavy atom. The first-order chi connectivity index (χ1) is 13.9. The molecule has 0 radical (unpaired) electrons. The fraction of sp³-hybridized carbons (Fsp3) is 0.364. The average Bonchev–Trinajstić information content (AvgIpc) is 2.72. The summed E-state index contributed by atoms with van der Waals surface area (Å²) in [4.78, 5) is 25.2. The largest absolute Gasteiger partial charge is 0.486 e. The molecular weight excluding hydrogens is 370 g/mol. The number of carbonyl (C=O) groups excluding carboxylic acids is 2. The standard InChI is InChI=1S/C22H27N3O4/c1-14(2)20(25-22(27)24-17-7-5-4-6-8-17)21(26)23-15(3)16-9-10-18-19(13-16)29-12-11-28-18/h4-10,13-15,20H,11-12H2,1-3H3,(H,23,26)(H2,24,25,27)/t15-,20+/m1/s1. The Bertz CT molecular complexity index is 854. The smallest absolute Gasteiger partial charge is 0.319 e. The second-order valence-corrected chi connectivity index (χ2v) is 7.32. The van der Waals surface area contributed by atoms with Crippen LogP contribution in [0.5, 0.6) is 11.5 Å². The van der Waals surface area contributed by atoms with Crippen molar-refractivity contribution >= 4 is 17.6 Å². The number of benzene rings is 2. The number of ether oxygens (including phenoxy) is 2. The van der Waals surface area contributed by atoms with E-state index >= 15 is 0 Å². The number of anilines is 1. The number of hydrogen-bond acceptors (Lipinski definition) is 4. The quantitative estimate of drug-likeness (QED) is 0.696. The van der Waals surface area contributed by atoms with Gasteiger partial charge in [0.05, 0.1) is 6.04 Å². The molecule has 0 saturated carbocycles. The van der Waals surface area contributed by atoms with E-state index in [9.17, 15) is 9.59 Å². The van der Waals surface area contributed by atoms with Gasteiger partial charge in [-0.1, -0.05) is 38.1 Å². The summed E-state index contributed by atoms with van der Waals surface area (Å²) in [6.07, 6.45) is 0. The van der Waals surface area contributed by atoms with Crippen molar-refractivity contribution in [2.45, 2.75) is 32.9 Å². The third-order valence-electron chi connectivity index (χ3n) is 4.69. The highest BCUT2D eigenvalue weighted by Crippen LogP contribution is 2.32. The molecule has 1 heterocycles. The lowest BCUT2D eigenvalue weighted by Crippen LogP contribution is -2.51. The van der Waals surface area contributed by atoms with Crippen molar-refractivity contribution in [1.82, 2.24) is 10.6 Å². The van der Waals surface area contributed by atoms with Crippen molar-refractivity contribution in [2.24, 2.45) is 5.92 Å². The maximum atomic E-state index is 12.8. The summed E-state index contributed by atoms with van der Waals surface area (Å²) in [5, 5.41) is 8.48. The first-order valence-corrected chi connectivity index (χ1v) is 9.76. The highest BCUT2D eigenvalue weighted by atomic mass is 16.6. The van der Waals surface area contributed by atoms with Crippen LogP contribution in [0.3, 0.4) is 0 Å². The van der Waals surface area contributed by atoms with Gasteiger partial charge < -0.3 is 25.4 Å². The Morgan fingerprint density at radius 2 is 1.59 bits per heavy atom. The van der Waals surface area contributed by atoms with Crippen LogP contribution in [0.1, 0.15) is 32.4 Å². The van der Waals surface area contributed by atoms with Gasteiger partial charge in [0.2, 0.25) is 5.91 Å². The molecular formula is C22H27N3O4. The molecule has 3 N–H and O–H groups in total. The van der Waals surface area contributed by atoms with Crippen LogP contribution in [0.4, 0.5) is 10.5 Å². The van der Waals surface area contributed by atoms with Crippen LogP contribution in [-0.4, -0.2) is 31.2 Å². The summed E-state index contributed by atoms with van der Waals surface area (Å²) < 4.78 is 11.1. The van der Waals surface area contributed by atoms with Gasteiger partial charge in [-0.2, -0.15) is 0 Å². The maximum absolute atomic E-state index is 12.8. The normalized spacial score (nSPS) is 14.6. The molecule has 7 nitrogen and oxygen atoms in total. The Kier molecular flexibility index (Phi) is 6.59. The van der Waals surface area contributed by atoms with Crippen molar-refractivity contribution < 1.29 is 19.1 Å². The van der Waals surface area contributed by atoms with Crippen LogP contribution in [-0.2, 0) is 4.79 Å². The van der Waals surface area contributed by atoms with Gasteiger partial charge in [-0.15, -0.1) is 0 Å². The number of carbonyl (C=O) groups is 2. The van der Waals surface area contributed by atoms with Gasteiger partial charge in [-0.25, -0.2) is 4.79 Å². The molecule has 0 aliphatic carbocycles. The first-order valence-electron chi connectivity index (χ1n) is 9.76. The third kappa shape index (κ3) is 5.40. The van der Waals surface area contributed by atoms with Gasteiger partial charge in [-0.05, 0) is 42.7 Å². The van der Waals surface area contributed by atoms with Gasteiger partial charge in [0.25, 0.3) is 0 Å². The molecule has 1 aliphatic heterocycles. The van der Waals surface area contributed by atoms with Crippen molar-refractivity contribution in [3.8, 4) is 11.5 Å². The minimum absolute atomic E-state index is 0.0796. The molecule has 2 aromatic rings. The minimum Gasteiger partial charge on any atom is -0.486 e. The highest BCUT2D eigenvalue weighted by molar-refractivity contribution is 5.93. The lowest BCUT2D eigenvalue weighted by atomic mass is 10.0. The zero-order valence-corrected chi connectivity index (χ0v) is 16.9. The van der Waals surface area contributed by atoms with Crippen LogP contribution in [0.25, 0.3) is 0 Å². The molecule has 0 spiro atoms. The lowest BCUT2D eigenvalue weighted by Gasteiger charge is -2.25. The Morgan fingerprint density at radius 3 is 2.28 bits per heavy atom. The molecule has 2 aromatic carbocycles. The molecule has 0 saturated heterocycles. The molecule has 2 atom stereocenters. The topological polar surface area (TPSA) is 88.7 Å². The molecule has 3 rings (SSSR count). The zero-order chi connectivity index (χ0) is 20.8. The van der Waals surface area contributed by atoms with Crippen LogP contribution >= 0.6 is 0 Å². The lowest BCUT2D eigenvalue weighted by molar-refractivity contribution is -0.124. The van der Waals surface area contributed by atoms with E-state index in [0.717, 1.165) is 5.56 Å². The Balaban J connectivity index is 1.62. The van der Waals surface area contributed by atoms with Crippen LogP contribution in [0.2, 0.25) is 0 Å². The van der Waals surface area contributed by atoms with Crippen LogP contribution in [0, 0.1) is 5.92 Å². The molecule has 29 heavy (non-hydrogen) atoms. The van der Waals surface area contributed by atoms with E-state index < -0.39 is 12.1 Å². The van der Waals surface area contributed by atoms with Crippen molar-refractivity contribution in [1.29, 1.82) is 0 Å².